The smallest absolute Gasteiger partial charge is 0.255 e. The summed E-state index contributed by atoms with van der Waals surface area (Å²) >= 11 is 0. The second kappa shape index (κ2) is 6.02. The number of carbonyl (C=O) groups is 2. The molecule has 2 aromatic rings. The predicted molar refractivity (Wildman–Crippen MR) is 77.4 cm³/mol. The Bertz CT molecular complexity index is 632. The first-order valence-corrected chi connectivity index (χ1v) is 6.16. The van der Waals surface area contributed by atoms with Crippen LogP contribution in [0.1, 0.15) is 27.6 Å². The topological polar surface area (TPSA) is 55.4 Å². The Morgan fingerprint density at radius 3 is 2.30 bits per heavy atom. The highest BCUT2D eigenvalue weighted by molar-refractivity contribution is 6.05. The second-order valence-electron chi connectivity index (χ2n) is 4.32. The molecular formula is C16H15NO3. The number of hydrogen-bond donors (Lipinski definition) is 1. The van der Waals surface area contributed by atoms with E-state index in [0.717, 1.165) is 0 Å². The maximum atomic E-state index is 12.1. The number of rotatable bonds is 4. The van der Waals surface area contributed by atoms with Gasteiger partial charge in [-0.15, -0.1) is 0 Å². The number of ether oxygens (including phenoxy) is 1. The van der Waals surface area contributed by atoms with Crippen LogP contribution in [0.2, 0.25) is 0 Å². The maximum absolute atomic E-state index is 12.1. The molecule has 0 heterocycles. The van der Waals surface area contributed by atoms with Gasteiger partial charge in [0.1, 0.15) is 5.75 Å². The Morgan fingerprint density at radius 1 is 1.00 bits per heavy atom. The summed E-state index contributed by atoms with van der Waals surface area (Å²) in [6.07, 6.45) is 0. The lowest BCUT2D eigenvalue weighted by molar-refractivity contribution is 0.101. The average molecular weight is 269 g/mol. The minimum Gasteiger partial charge on any atom is -0.497 e. The fourth-order valence-electron chi connectivity index (χ4n) is 1.76. The maximum Gasteiger partial charge on any atom is 0.255 e. The van der Waals surface area contributed by atoms with Crippen molar-refractivity contribution in [3.05, 3.63) is 59.7 Å². The molecule has 102 valence electrons. The van der Waals surface area contributed by atoms with Crippen LogP contribution in [0.15, 0.2) is 48.5 Å². The van der Waals surface area contributed by atoms with Gasteiger partial charge < -0.3 is 10.1 Å². The number of benzene rings is 2. The van der Waals surface area contributed by atoms with Crippen molar-refractivity contribution in [1.82, 2.24) is 0 Å². The predicted octanol–water partition coefficient (Wildman–Crippen LogP) is 3.15. The molecule has 0 fully saturated rings. The van der Waals surface area contributed by atoms with Gasteiger partial charge in [-0.25, -0.2) is 0 Å². The summed E-state index contributed by atoms with van der Waals surface area (Å²) in [5.74, 6) is 0.430. The highest BCUT2D eigenvalue weighted by Crippen LogP contribution is 2.15. The molecule has 0 aliphatic rings. The summed E-state index contributed by atoms with van der Waals surface area (Å²) in [4.78, 5) is 23.4. The van der Waals surface area contributed by atoms with Crippen LogP contribution in [0.3, 0.4) is 0 Å². The zero-order chi connectivity index (χ0) is 14.5. The number of nitrogens with one attached hydrogen (secondary N) is 1. The number of carbonyl (C=O) groups excluding carboxylic acids is 2. The lowest BCUT2D eigenvalue weighted by Crippen LogP contribution is -2.12. The Balaban J connectivity index is 2.14. The number of Topliss-reactive ketones (excluding diaryl/α,β-unsaturated/α-hetero) is 1. The first-order chi connectivity index (χ1) is 9.60. The first-order valence-electron chi connectivity index (χ1n) is 6.16. The Morgan fingerprint density at radius 2 is 1.70 bits per heavy atom. The van der Waals surface area contributed by atoms with Crippen molar-refractivity contribution in [2.75, 3.05) is 12.4 Å². The fraction of sp³-hybridized carbons (Fsp3) is 0.125. The number of ketones is 1. The lowest BCUT2D eigenvalue weighted by atomic mass is 10.1. The van der Waals surface area contributed by atoms with Gasteiger partial charge in [0.05, 0.1) is 7.11 Å². The molecule has 20 heavy (non-hydrogen) atoms. The second-order valence-corrected chi connectivity index (χ2v) is 4.32. The first kappa shape index (κ1) is 13.8. The molecule has 0 aliphatic carbocycles. The van der Waals surface area contributed by atoms with E-state index in [2.05, 4.69) is 5.32 Å². The number of anilines is 1. The molecule has 4 heteroatoms. The van der Waals surface area contributed by atoms with E-state index in [-0.39, 0.29) is 11.7 Å². The molecule has 2 rings (SSSR count). The molecule has 0 aromatic heterocycles. The van der Waals surface area contributed by atoms with Gasteiger partial charge in [-0.1, -0.05) is 12.1 Å². The molecule has 0 atom stereocenters. The standard InChI is InChI=1S/C16H15NO3/c1-11(18)13-4-3-5-14(10-13)17-16(19)12-6-8-15(20-2)9-7-12/h3-10H,1-2H3,(H,17,19). The number of methoxy groups -OCH3 is 1. The van der Waals surface area contributed by atoms with Gasteiger partial charge in [-0.3, -0.25) is 9.59 Å². The molecule has 2 aromatic carbocycles. The molecule has 1 N–H and O–H groups in total. The molecule has 0 saturated carbocycles. The summed E-state index contributed by atoms with van der Waals surface area (Å²) in [7, 11) is 1.57. The van der Waals surface area contributed by atoms with Crippen LogP contribution in [-0.4, -0.2) is 18.8 Å². The SMILES string of the molecule is COc1ccc(C(=O)Nc2cccc(C(C)=O)c2)cc1. The van der Waals surface area contributed by atoms with Crippen LogP contribution in [-0.2, 0) is 0 Å². The van der Waals surface area contributed by atoms with Crippen molar-refractivity contribution >= 4 is 17.4 Å². The Labute approximate surface area is 117 Å². The van der Waals surface area contributed by atoms with E-state index in [0.29, 0.717) is 22.6 Å². The van der Waals surface area contributed by atoms with E-state index in [9.17, 15) is 9.59 Å². The molecule has 0 spiro atoms. The van der Waals surface area contributed by atoms with E-state index >= 15 is 0 Å². The normalized spacial score (nSPS) is 9.90. The third-order valence-electron chi connectivity index (χ3n) is 2.88. The van der Waals surface area contributed by atoms with Crippen LogP contribution in [0, 0.1) is 0 Å². The van der Waals surface area contributed by atoms with Gasteiger partial charge in [-0.2, -0.15) is 0 Å². The number of amides is 1. The zero-order valence-electron chi connectivity index (χ0n) is 11.3. The van der Waals surface area contributed by atoms with Gasteiger partial charge >= 0.3 is 0 Å². The molecule has 0 radical (unpaired) electrons. The van der Waals surface area contributed by atoms with E-state index < -0.39 is 0 Å². The summed E-state index contributed by atoms with van der Waals surface area (Å²) in [5.41, 5.74) is 1.69. The minimum absolute atomic E-state index is 0.0365. The van der Waals surface area contributed by atoms with E-state index in [4.69, 9.17) is 4.74 Å². The third kappa shape index (κ3) is 3.23. The Kier molecular flexibility index (Phi) is 4.15. The van der Waals surface area contributed by atoms with Crippen molar-refractivity contribution in [1.29, 1.82) is 0 Å². The van der Waals surface area contributed by atoms with Crippen molar-refractivity contribution < 1.29 is 14.3 Å². The van der Waals surface area contributed by atoms with E-state index in [1.165, 1.54) is 6.92 Å². The van der Waals surface area contributed by atoms with Gasteiger partial charge in [0.2, 0.25) is 0 Å². The molecule has 1 amide bonds. The lowest BCUT2D eigenvalue weighted by Gasteiger charge is -2.07. The van der Waals surface area contributed by atoms with Crippen LogP contribution in [0.4, 0.5) is 5.69 Å². The summed E-state index contributed by atoms with van der Waals surface area (Å²) in [6, 6.07) is 13.7. The van der Waals surface area contributed by atoms with Crippen LogP contribution < -0.4 is 10.1 Å². The van der Waals surface area contributed by atoms with Gasteiger partial charge in [0.15, 0.2) is 5.78 Å². The summed E-state index contributed by atoms with van der Waals surface area (Å²) < 4.78 is 5.04. The molecule has 0 bridgehead atoms. The van der Waals surface area contributed by atoms with Crippen LogP contribution >= 0.6 is 0 Å². The van der Waals surface area contributed by atoms with Crippen LogP contribution in [0.5, 0.6) is 5.75 Å². The molecule has 4 nitrogen and oxygen atoms in total. The Hall–Kier alpha value is -2.62. The molecular weight excluding hydrogens is 254 g/mol. The van der Waals surface area contributed by atoms with Crippen molar-refractivity contribution in [2.45, 2.75) is 6.92 Å². The van der Waals surface area contributed by atoms with Crippen molar-refractivity contribution in [3.63, 3.8) is 0 Å². The number of hydrogen-bond acceptors (Lipinski definition) is 3. The van der Waals surface area contributed by atoms with Gasteiger partial charge in [-0.05, 0) is 43.3 Å². The fourth-order valence-corrected chi connectivity index (χ4v) is 1.76. The van der Waals surface area contributed by atoms with Gasteiger partial charge in [0, 0.05) is 16.8 Å². The highest BCUT2D eigenvalue weighted by Gasteiger charge is 2.07. The largest absolute Gasteiger partial charge is 0.497 e. The minimum atomic E-state index is -0.228. The van der Waals surface area contributed by atoms with Gasteiger partial charge in [0.25, 0.3) is 5.91 Å². The average Bonchev–Trinajstić information content (AvgIpc) is 2.47. The molecule has 0 unspecified atom stereocenters. The highest BCUT2D eigenvalue weighted by atomic mass is 16.5. The van der Waals surface area contributed by atoms with E-state index in [1.807, 2.05) is 0 Å². The van der Waals surface area contributed by atoms with Crippen LogP contribution in [0.25, 0.3) is 0 Å². The zero-order valence-corrected chi connectivity index (χ0v) is 11.3. The molecule has 0 saturated heterocycles. The van der Waals surface area contributed by atoms with Crippen molar-refractivity contribution in [2.24, 2.45) is 0 Å². The van der Waals surface area contributed by atoms with Crippen molar-refractivity contribution in [3.8, 4) is 5.75 Å². The summed E-state index contributed by atoms with van der Waals surface area (Å²) in [6.45, 7) is 1.49. The molecule has 0 aliphatic heterocycles. The van der Waals surface area contributed by atoms with E-state index in [1.54, 1.807) is 55.6 Å². The monoisotopic (exact) mass is 269 g/mol. The summed E-state index contributed by atoms with van der Waals surface area (Å²) in [5, 5.41) is 2.76. The quantitative estimate of drug-likeness (QED) is 0.867. The third-order valence-corrected chi connectivity index (χ3v) is 2.88.